The lowest BCUT2D eigenvalue weighted by Gasteiger charge is -2.35. The van der Waals surface area contributed by atoms with Gasteiger partial charge in [0.05, 0.1) is 11.6 Å². The predicted octanol–water partition coefficient (Wildman–Crippen LogP) is 1.21. The van der Waals surface area contributed by atoms with Gasteiger partial charge in [-0.25, -0.2) is 0 Å². The Bertz CT molecular complexity index is 284. The van der Waals surface area contributed by atoms with Gasteiger partial charge in [0.25, 0.3) is 0 Å². The zero-order chi connectivity index (χ0) is 13.6. The lowest BCUT2D eigenvalue weighted by molar-refractivity contribution is -0.122. The van der Waals surface area contributed by atoms with Gasteiger partial charge < -0.3 is 15.7 Å². The number of nitrogens with one attached hydrogen (secondary N) is 2. The number of hydrogen-bond acceptors (Lipinski definition) is 3. The fraction of sp³-hybridized carbons (Fsp3) is 0.786. The monoisotopic (exact) mass is 254 g/mol. The largest absolute Gasteiger partial charge is 0.389 e. The van der Waals surface area contributed by atoms with E-state index in [-0.39, 0.29) is 11.9 Å². The molecule has 1 saturated carbocycles. The summed E-state index contributed by atoms with van der Waals surface area (Å²) in [4.78, 5) is 11.6. The van der Waals surface area contributed by atoms with Gasteiger partial charge in [-0.1, -0.05) is 13.0 Å². The van der Waals surface area contributed by atoms with Gasteiger partial charge in [0.2, 0.25) is 5.91 Å². The maximum absolute atomic E-state index is 11.6. The second-order valence-electron chi connectivity index (χ2n) is 5.54. The van der Waals surface area contributed by atoms with Crippen LogP contribution in [0.15, 0.2) is 12.7 Å². The molecule has 18 heavy (non-hydrogen) atoms. The van der Waals surface area contributed by atoms with Crippen molar-refractivity contribution in [3.05, 3.63) is 12.7 Å². The van der Waals surface area contributed by atoms with E-state index in [0.29, 0.717) is 19.0 Å². The van der Waals surface area contributed by atoms with Gasteiger partial charge in [0, 0.05) is 13.1 Å². The lowest BCUT2D eigenvalue weighted by Crippen LogP contribution is -2.50. The van der Waals surface area contributed by atoms with Crippen molar-refractivity contribution in [2.45, 2.75) is 51.2 Å². The van der Waals surface area contributed by atoms with Gasteiger partial charge in [0.15, 0.2) is 0 Å². The van der Waals surface area contributed by atoms with Gasteiger partial charge >= 0.3 is 0 Å². The molecular weight excluding hydrogens is 228 g/mol. The fourth-order valence-corrected chi connectivity index (χ4v) is 2.24. The number of rotatable bonds is 6. The van der Waals surface area contributed by atoms with Crippen molar-refractivity contribution in [1.82, 2.24) is 10.6 Å². The quantitative estimate of drug-likeness (QED) is 0.624. The van der Waals surface area contributed by atoms with E-state index in [0.717, 1.165) is 25.7 Å². The average molecular weight is 254 g/mol. The first-order chi connectivity index (χ1) is 8.47. The second kappa shape index (κ2) is 6.90. The first-order valence-corrected chi connectivity index (χ1v) is 6.81. The topological polar surface area (TPSA) is 61.4 Å². The van der Waals surface area contributed by atoms with Crippen LogP contribution in [-0.4, -0.2) is 35.7 Å². The molecule has 0 aromatic heterocycles. The van der Waals surface area contributed by atoms with Crippen molar-refractivity contribution in [1.29, 1.82) is 0 Å². The molecule has 1 aliphatic carbocycles. The molecule has 0 heterocycles. The van der Waals surface area contributed by atoms with E-state index >= 15 is 0 Å². The van der Waals surface area contributed by atoms with Crippen LogP contribution in [0.2, 0.25) is 0 Å². The maximum Gasteiger partial charge on any atom is 0.237 e. The number of carbonyl (C=O) groups is 1. The van der Waals surface area contributed by atoms with E-state index in [1.54, 1.807) is 6.08 Å². The second-order valence-corrected chi connectivity index (χ2v) is 5.54. The standard InChI is InChI=1S/C14H26N2O2/c1-4-9-15-13(17)12(3)16-10-14(18)7-5-11(2)6-8-14/h4,11-12,16,18H,1,5-10H2,2-3H3,(H,15,17). The highest BCUT2D eigenvalue weighted by Gasteiger charge is 2.32. The van der Waals surface area contributed by atoms with Crippen LogP contribution in [0.5, 0.6) is 0 Å². The lowest BCUT2D eigenvalue weighted by atomic mass is 9.79. The molecule has 0 spiro atoms. The molecule has 3 N–H and O–H groups in total. The number of carbonyl (C=O) groups excluding carboxylic acids is 1. The first kappa shape index (κ1) is 15.2. The minimum absolute atomic E-state index is 0.0531. The third-order valence-corrected chi connectivity index (χ3v) is 3.76. The first-order valence-electron chi connectivity index (χ1n) is 6.81. The molecule has 1 fully saturated rings. The van der Waals surface area contributed by atoms with Crippen molar-refractivity contribution in [2.75, 3.05) is 13.1 Å². The summed E-state index contributed by atoms with van der Waals surface area (Å²) in [5.74, 6) is 0.654. The van der Waals surface area contributed by atoms with Gasteiger partial charge in [-0.15, -0.1) is 6.58 Å². The number of amides is 1. The molecule has 104 valence electrons. The molecule has 1 rings (SSSR count). The third kappa shape index (κ3) is 4.78. The number of aliphatic hydroxyl groups is 1. The summed E-state index contributed by atoms with van der Waals surface area (Å²) in [5.41, 5.74) is -0.639. The molecule has 4 heteroatoms. The van der Waals surface area contributed by atoms with Crippen LogP contribution in [0.25, 0.3) is 0 Å². The Balaban J connectivity index is 2.30. The Kier molecular flexibility index (Phi) is 5.82. The molecule has 0 aromatic rings. The molecule has 4 nitrogen and oxygen atoms in total. The molecular formula is C14H26N2O2. The molecule has 1 aliphatic rings. The molecule has 0 aromatic carbocycles. The molecule has 1 amide bonds. The van der Waals surface area contributed by atoms with Crippen molar-refractivity contribution < 1.29 is 9.90 Å². The van der Waals surface area contributed by atoms with Crippen molar-refractivity contribution >= 4 is 5.91 Å². The predicted molar refractivity (Wildman–Crippen MR) is 73.3 cm³/mol. The summed E-state index contributed by atoms with van der Waals surface area (Å²) >= 11 is 0. The van der Waals surface area contributed by atoms with E-state index in [1.165, 1.54) is 0 Å². The SMILES string of the molecule is C=CCNC(=O)C(C)NCC1(O)CCC(C)CC1. The Morgan fingerprint density at radius 2 is 2.17 bits per heavy atom. The normalized spacial score (nSPS) is 29.6. The van der Waals surface area contributed by atoms with E-state index in [9.17, 15) is 9.90 Å². The smallest absolute Gasteiger partial charge is 0.237 e. The molecule has 0 radical (unpaired) electrons. The summed E-state index contributed by atoms with van der Waals surface area (Å²) < 4.78 is 0. The van der Waals surface area contributed by atoms with E-state index in [1.807, 2.05) is 6.92 Å². The zero-order valence-corrected chi connectivity index (χ0v) is 11.5. The highest BCUT2D eigenvalue weighted by Crippen LogP contribution is 2.31. The summed E-state index contributed by atoms with van der Waals surface area (Å²) in [6.45, 7) is 8.55. The summed E-state index contributed by atoms with van der Waals surface area (Å²) in [5, 5.41) is 16.2. The average Bonchev–Trinajstić information content (AvgIpc) is 2.37. The maximum atomic E-state index is 11.6. The van der Waals surface area contributed by atoms with Crippen LogP contribution in [0.4, 0.5) is 0 Å². The Hall–Kier alpha value is -0.870. The minimum atomic E-state index is -0.639. The summed E-state index contributed by atoms with van der Waals surface area (Å²) in [6.07, 6.45) is 5.43. The highest BCUT2D eigenvalue weighted by atomic mass is 16.3. The van der Waals surface area contributed by atoms with Crippen LogP contribution in [0.1, 0.15) is 39.5 Å². The highest BCUT2D eigenvalue weighted by molar-refractivity contribution is 5.81. The Morgan fingerprint density at radius 3 is 2.72 bits per heavy atom. The summed E-state index contributed by atoms with van der Waals surface area (Å²) in [6, 6.07) is -0.284. The van der Waals surface area contributed by atoms with Crippen molar-refractivity contribution in [3.8, 4) is 0 Å². The van der Waals surface area contributed by atoms with E-state index in [2.05, 4.69) is 24.1 Å². The molecule has 0 saturated heterocycles. The minimum Gasteiger partial charge on any atom is -0.389 e. The van der Waals surface area contributed by atoms with Crippen LogP contribution in [0.3, 0.4) is 0 Å². The fourth-order valence-electron chi connectivity index (χ4n) is 2.24. The Morgan fingerprint density at radius 1 is 1.56 bits per heavy atom. The van der Waals surface area contributed by atoms with Crippen LogP contribution in [0, 0.1) is 5.92 Å². The van der Waals surface area contributed by atoms with Gasteiger partial charge in [-0.2, -0.15) is 0 Å². The number of hydrogen-bond donors (Lipinski definition) is 3. The van der Waals surface area contributed by atoms with Crippen LogP contribution in [-0.2, 0) is 4.79 Å². The van der Waals surface area contributed by atoms with Crippen molar-refractivity contribution in [3.63, 3.8) is 0 Å². The van der Waals surface area contributed by atoms with Crippen molar-refractivity contribution in [2.24, 2.45) is 5.92 Å². The van der Waals surface area contributed by atoms with Gasteiger partial charge in [-0.3, -0.25) is 4.79 Å². The van der Waals surface area contributed by atoms with E-state index < -0.39 is 5.60 Å². The van der Waals surface area contributed by atoms with Crippen LogP contribution >= 0.6 is 0 Å². The molecule has 0 aliphatic heterocycles. The van der Waals surface area contributed by atoms with Gasteiger partial charge in [0.1, 0.15) is 0 Å². The summed E-state index contributed by atoms with van der Waals surface area (Å²) in [7, 11) is 0. The Labute approximate surface area is 110 Å². The molecule has 1 atom stereocenters. The van der Waals surface area contributed by atoms with E-state index in [4.69, 9.17) is 0 Å². The third-order valence-electron chi connectivity index (χ3n) is 3.76. The zero-order valence-electron chi connectivity index (χ0n) is 11.5. The molecule has 0 bridgehead atoms. The van der Waals surface area contributed by atoms with Gasteiger partial charge in [-0.05, 0) is 38.5 Å². The molecule has 1 unspecified atom stereocenters. The van der Waals surface area contributed by atoms with Crippen LogP contribution < -0.4 is 10.6 Å².